The minimum absolute atomic E-state index is 0.0577. The Morgan fingerprint density at radius 3 is 2.30 bits per heavy atom. The average Bonchev–Trinajstić information content (AvgIpc) is 2.90. The molecule has 1 rings (SSSR count). The minimum atomic E-state index is -0.778. The van der Waals surface area contributed by atoms with Crippen LogP contribution >= 0.6 is 0 Å². The van der Waals surface area contributed by atoms with Crippen LogP contribution in [0.15, 0.2) is 48.6 Å². The number of aliphatic hydroxyl groups is 3. The zero-order chi connectivity index (χ0) is 20.1. The molecule has 1 aliphatic carbocycles. The van der Waals surface area contributed by atoms with Crippen LogP contribution in [-0.2, 0) is 4.79 Å². The fourth-order valence-corrected chi connectivity index (χ4v) is 3.37. The van der Waals surface area contributed by atoms with Gasteiger partial charge in [-0.2, -0.15) is 0 Å². The van der Waals surface area contributed by atoms with E-state index in [-0.39, 0.29) is 18.3 Å². The van der Waals surface area contributed by atoms with Gasteiger partial charge in [-0.25, -0.2) is 0 Å². The summed E-state index contributed by atoms with van der Waals surface area (Å²) >= 11 is 0. The SMILES string of the molecule is CC[C@@H]1[C@H](/C=C/[C@@H](O)C/C=C\C/C=C\C/C=C\CCC(=O)O)[C@@H](O)C[C@H]1O. The molecule has 0 unspecified atom stereocenters. The number of carbonyl (C=O) groups is 1. The van der Waals surface area contributed by atoms with E-state index in [1.165, 1.54) is 0 Å². The first-order valence-corrected chi connectivity index (χ1v) is 9.85. The number of carboxylic acid groups (broad SMARTS) is 1. The van der Waals surface area contributed by atoms with E-state index < -0.39 is 24.3 Å². The van der Waals surface area contributed by atoms with E-state index in [4.69, 9.17) is 5.11 Å². The first-order valence-electron chi connectivity index (χ1n) is 9.85. The van der Waals surface area contributed by atoms with Gasteiger partial charge >= 0.3 is 5.97 Å². The van der Waals surface area contributed by atoms with Gasteiger partial charge in [0, 0.05) is 18.8 Å². The molecule has 5 atom stereocenters. The van der Waals surface area contributed by atoms with Gasteiger partial charge in [0.25, 0.3) is 0 Å². The van der Waals surface area contributed by atoms with Gasteiger partial charge in [0.1, 0.15) is 0 Å². The van der Waals surface area contributed by atoms with Crippen LogP contribution in [0.4, 0.5) is 0 Å². The van der Waals surface area contributed by atoms with Crippen molar-refractivity contribution in [1.29, 1.82) is 0 Å². The Balaban J connectivity index is 2.21. The monoisotopic (exact) mass is 378 g/mol. The second kappa shape index (κ2) is 13.5. The summed E-state index contributed by atoms with van der Waals surface area (Å²) < 4.78 is 0. The maximum Gasteiger partial charge on any atom is 0.303 e. The Hall–Kier alpha value is -1.69. The van der Waals surface area contributed by atoms with Crippen molar-refractivity contribution in [3.63, 3.8) is 0 Å². The number of aliphatic carboxylic acids is 1. The topological polar surface area (TPSA) is 98.0 Å². The van der Waals surface area contributed by atoms with Crippen LogP contribution in [0.3, 0.4) is 0 Å². The highest BCUT2D eigenvalue weighted by molar-refractivity contribution is 5.66. The molecule has 0 bridgehead atoms. The maximum absolute atomic E-state index is 10.3. The van der Waals surface area contributed by atoms with Gasteiger partial charge in [-0.3, -0.25) is 4.79 Å². The van der Waals surface area contributed by atoms with Crippen LogP contribution in [-0.4, -0.2) is 44.7 Å². The molecule has 0 aromatic carbocycles. The molecule has 27 heavy (non-hydrogen) atoms. The summed E-state index contributed by atoms with van der Waals surface area (Å²) in [4.78, 5) is 10.3. The van der Waals surface area contributed by atoms with E-state index >= 15 is 0 Å². The molecule has 0 radical (unpaired) electrons. The molecular weight excluding hydrogens is 344 g/mol. The Morgan fingerprint density at radius 1 is 1.04 bits per heavy atom. The molecule has 1 saturated carbocycles. The van der Waals surface area contributed by atoms with Gasteiger partial charge in [0.15, 0.2) is 0 Å². The Kier molecular flexibility index (Phi) is 11.7. The van der Waals surface area contributed by atoms with Crippen LogP contribution in [0.2, 0.25) is 0 Å². The second-order valence-electron chi connectivity index (χ2n) is 7.03. The van der Waals surface area contributed by atoms with E-state index in [9.17, 15) is 20.1 Å². The highest BCUT2D eigenvalue weighted by Crippen LogP contribution is 2.35. The maximum atomic E-state index is 10.3. The van der Waals surface area contributed by atoms with Gasteiger partial charge in [-0.05, 0) is 31.6 Å². The first kappa shape index (κ1) is 23.3. The lowest BCUT2D eigenvalue weighted by Gasteiger charge is -2.19. The molecule has 5 nitrogen and oxygen atoms in total. The first-order chi connectivity index (χ1) is 13.0. The predicted molar refractivity (Wildman–Crippen MR) is 107 cm³/mol. The van der Waals surface area contributed by atoms with Gasteiger partial charge in [-0.15, -0.1) is 0 Å². The largest absolute Gasteiger partial charge is 0.481 e. The van der Waals surface area contributed by atoms with Crippen LogP contribution in [0.1, 0.15) is 51.9 Å². The molecule has 0 spiro atoms. The molecule has 152 valence electrons. The summed E-state index contributed by atoms with van der Waals surface area (Å²) in [6, 6.07) is 0. The van der Waals surface area contributed by atoms with E-state index in [2.05, 4.69) is 0 Å². The number of allylic oxidation sites excluding steroid dienone is 5. The number of carboxylic acids is 1. The molecule has 0 heterocycles. The van der Waals surface area contributed by atoms with Crippen molar-refractivity contribution in [2.75, 3.05) is 0 Å². The molecule has 1 aliphatic rings. The molecule has 0 saturated heterocycles. The van der Waals surface area contributed by atoms with Gasteiger partial charge < -0.3 is 20.4 Å². The van der Waals surface area contributed by atoms with Crippen molar-refractivity contribution in [2.24, 2.45) is 11.8 Å². The fourth-order valence-electron chi connectivity index (χ4n) is 3.37. The summed E-state index contributed by atoms with van der Waals surface area (Å²) in [5.41, 5.74) is 0. The van der Waals surface area contributed by atoms with Gasteiger partial charge in [-0.1, -0.05) is 62.0 Å². The van der Waals surface area contributed by atoms with Gasteiger partial charge in [0.2, 0.25) is 0 Å². The van der Waals surface area contributed by atoms with E-state index in [0.717, 1.165) is 19.3 Å². The smallest absolute Gasteiger partial charge is 0.303 e. The molecule has 0 amide bonds. The molecule has 0 aromatic rings. The van der Waals surface area contributed by atoms with E-state index in [1.54, 1.807) is 6.08 Å². The molecule has 0 aliphatic heterocycles. The number of rotatable bonds is 12. The quantitative estimate of drug-likeness (QED) is 0.390. The lowest BCUT2D eigenvalue weighted by molar-refractivity contribution is -0.136. The van der Waals surface area contributed by atoms with E-state index in [0.29, 0.717) is 19.3 Å². The highest BCUT2D eigenvalue weighted by atomic mass is 16.4. The van der Waals surface area contributed by atoms with Crippen molar-refractivity contribution < 1.29 is 25.2 Å². The van der Waals surface area contributed by atoms with E-state index in [1.807, 2.05) is 49.5 Å². The van der Waals surface area contributed by atoms with Crippen LogP contribution in [0.5, 0.6) is 0 Å². The second-order valence-corrected chi connectivity index (χ2v) is 7.03. The fraction of sp³-hybridized carbons (Fsp3) is 0.591. The normalized spacial score (nSPS) is 27.6. The summed E-state index contributed by atoms with van der Waals surface area (Å²) in [5.74, 6) is -0.808. The average molecular weight is 379 g/mol. The number of aliphatic hydroxyl groups excluding tert-OH is 3. The van der Waals surface area contributed by atoms with Crippen LogP contribution in [0, 0.1) is 11.8 Å². The van der Waals surface area contributed by atoms with Crippen molar-refractivity contribution >= 4 is 5.97 Å². The third-order valence-electron chi connectivity index (χ3n) is 4.89. The van der Waals surface area contributed by atoms with Crippen molar-refractivity contribution in [1.82, 2.24) is 0 Å². The van der Waals surface area contributed by atoms with Crippen molar-refractivity contribution in [2.45, 2.75) is 70.2 Å². The molecule has 1 fully saturated rings. The standard InChI is InChI=1S/C22H34O5/c1-2-18-19(21(25)16-20(18)24)15-14-17(23)12-10-8-6-4-3-5-7-9-11-13-22(26)27/h3-4,7-10,14-15,17-21,23-25H,2,5-6,11-13,16H2,1H3,(H,26,27)/b4-3-,9-7-,10-8-,15-14+/t17-,18+,19-,20+,21-/m0/s1. The predicted octanol–water partition coefficient (Wildman–Crippen LogP) is 3.38. The van der Waals surface area contributed by atoms with Gasteiger partial charge in [0.05, 0.1) is 18.3 Å². The minimum Gasteiger partial charge on any atom is -0.481 e. The lowest BCUT2D eigenvalue weighted by Crippen LogP contribution is -2.20. The summed E-state index contributed by atoms with van der Waals surface area (Å²) in [6.07, 6.45) is 17.8. The summed E-state index contributed by atoms with van der Waals surface area (Å²) in [7, 11) is 0. The Bertz CT molecular complexity index is 535. The molecule has 5 heteroatoms. The number of hydrogen-bond donors (Lipinski definition) is 4. The molecular formula is C22H34O5. The molecule has 0 aromatic heterocycles. The van der Waals surface area contributed by atoms with Crippen LogP contribution < -0.4 is 0 Å². The summed E-state index contributed by atoms with van der Waals surface area (Å²) in [6.45, 7) is 2.01. The zero-order valence-electron chi connectivity index (χ0n) is 16.2. The lowest BCUT2D eigenvalue weighted by atomic mass is 9.90. The zero-order valence-corrected chi connectivity index (χ0v) is 16.2. The van der Waals surface area contributed by atoms with Crippen LogP contribution in [0.25, 0.3) is 0 Å². The highest BCUT2D eigenvalue weighted by Gasteiger charge is 2.38. The molecule has 4 N–H and O–H groups in total. The Morgan fingerprint density at radius 2 is 1.67 bits per heavy atom. The third kappa shape index (κ3) is 9.70. The summed E-state index contributed by atoms with van der Waals surface area (Å²) in [5, 5.41) is 38.5. The Labute approximate surface area is 162 Å². The number of hydrogen-bond acceptors (Lipinski definition) is 4. The third-order valence-corrected chi connectivity index (χ3v) is 4.89. The van der Waals surface area contributed by atoms with Crippen molar-refractivity contribution in [3.8, 4) is 0 Å². The van der Waals surface area contributed by atoms with Crippen molar-refractivity contribution in [3.05, 3.63) is 48.6 Å².